The maximum absolute atomic E-state index is 12.2. The fourth-order valence-corrected chi connectivity index (χ4v) is 3.49. The Morgan fingerprint density at radius 2 is 1.84 bits per heavy atom. The van der Waals surface area contributed by atoms with Gasteiger partial charge in [-0.3, -0.25) is 9.78 Å². The molecular weight excluding hydrogens is 464 g/mol. The lowest BCUT2D eigenvalue weighted by Gasteiger charge is -2.12. The molecule has 0 fully saturated rings. The first-order valence-corrected chi connectivity index (χ1v) is 11.5. The number of nitrogens with one attached hydrogen (secondary N) is 2. The fraction of sp³-hybridized carbons (Fsp3) is 0.103. The molecule has 0 atom stereocenters. The monoisotopic (exact) mass is 490 g/mol. The van der Waals surface area contributed by atoms with E-state index in [9.17, 15) is 4.79 Å². The van der Waals surface area contributed by atoms with Gasteiger partial charge in [-0.15, -0.1) is 0 Å². The fourth-order valence-electron chi connectivity index (χ4n) is 3.49. The average Bonchev–Trinajstić information content (AvgIpc) is 2.89. The van der Waals surface area contributed by atoms with E-state index < -0.39 is 0 Å². The second-order valence-corrected chi connectivity index (χ2v) is 8.47. The first-order valence-electron chi connectivity index (χ1n) is 11.5. The predicted molar refractivity (Wildman–Crippen MR) is 146 cm³/mol. The second kappa shape index (κ2) is 11.6. The first kappa shape index (κ1) is 25.1. The quantitative estimate of drug-likeness (QED) is 0.301. The maximum atomic E-state index is 12.2. The third kappa shape index (κ3) is 6.78. The van der Waals surface area contributed by atoms with Crippen LogP contribution in [0.1, 0.15) is 11.1 Å². The van der Waals surface area contributed by atoms with Crippen molar-refractivity contribution < 1.29 is 9.53 Å². The van der Waals surface area contributed by atoms with Crippen LogP contribution in [0, 0.1) is 11.3 Å². The van der Waals surface area contributed by atoms with Crippen LogP contribution in [0.5, 0.6) is 11.5 Å². The summed E-state index contributed by atoms with van der Waals surface area (Å²) in [7, 11) is 3.88. The molecule has 0 unspecified atom stereocenters. The van der Waals surface area contributed by atoms with Gasteiger partial charge in [-0.25, -0.2) is 4.98 Å². The van der Waals surface area contributed by atoms with Crippen molar-refractivity contribution in [1.29, 1.82) is 5.26 Å². The number of hydrogen-bond acceptors (Lipinski definition) is 7. The highest BCUT2D eigenvalue weighted by Crippen LogP contribution is 2.31. The van der Waals surface area contributed by atoms with E-state index in [0.717, 1.165) is 16.5 Å². The third-order valence-electron chi connectivity index (χ3n) is 5.31. The maximum Gasteiger partial charge on any atom is 0.248 e. The highest BCUT2D eigenvalue weighted by Gasteiger charge is 2.08. The smallest absolute Gasteiger partial charge is 0.248 e. The van der Waals surface area contributed by atoms with Gasteiger partial charge >= 0.3 is 0 Å². The van der Waals surface area contributed by atoms with E-state index in [2.05, 4.69) is 33.2 Å². The van der Waals surface area contributed by atoms with Crippen molar-refractivity contribution in [2.24, 2.45) is 0 Å². The molecule has 0 aliphatic carbocycles. The number of amides is 1. The molecule has 37 heavy (non-hydrogen) atoms. The Morgan fingerprint density at radius 1 is 1.05 bits per heavy atom. The number of anilines is 2. The molecule has 0 saturated carbocycles. The van der Waals surface area contributed by atoms with E-state index in [1.807, 2.05) is 61.5 Å². The summed E-state index contributed by atoms with van der Waals surface area (Å²) in [6.45, 7) is 4.75. The first-order chi connectivity index (χ1) is 17.9. The second-order valence-electron chi connectivity index (χ2n) is 8.47. The van der Waals surface area contributed by atoms with Gasteiger partial charge in [0, 0.05) is 41.8 Å². The number of nitriles is 1. The van der Waals surface area contributed by atoms with Crippen molar-refractivity contribution in [2.75, 3.05) is 31.3 Å². The van der Waals surface area contributed by atoms with E-state index in [1.165, 1.54) is 6.08 Å². The van der Waals surface area contributed by atoms with Crippen molar-refractivity contribution in [1.82, 2.24) is 14.9 Å². The number of aromatic nitrogens is 2. The predicted octanol–water partition coefficient (Wildman–Crippen LogP) is 5.43. The van der Waals surface area contributed by atoms with Crippen LogP contribution in [0.3, 0.4) is 0 Å². The number of nitrogens with zero attached hydrogens (tertiary/aromatic N) is 4. The number of hydrogen-bond donors (Lipinski definition) is 2. The van der Waals surface area contributed by atoms with E-state index >= 15 is 0 Å². The minimum Gasteiger partial charge on any atom is -0.457 e. The van der Waals surface area contributed by atoms with Crippen molar-refractivity contribution in [2.45, 2.75) is 0 Å². The van der Waals surface area contributed by atoms with E-state index in [0.29, 0.717) is 40.8 Å². The lowest BCUT2D eigenvalue weighted by atomic mass is 10.1. The zero-order chi connectivity index (χ0) is 26.2. The SMILES string of the molecule is C=C(Nc1cc(C#N)ccn1)c1ccc(Oc2ccnc3ccc(NC(=O)/C=C/CN(C)C)cc23)cc1. The Bertz CT molecular complexity index is 1500. The minimum absolute atomic E-state index is 0.202. The van der Waals surface area contributed by atoms with Crippen molar-refractivity contribution >= 4 is 34.0 Å². The van der Waals surface area contributed by atoms with Crippen LogP contribution >= 0.6 is 0 Å². The van der Waals surface area contributed by atoms with Crippen LogP contribution in [0.4, 0.5) is 11.5 Å². The molecular formula is C29H26N6O2. The van der Waals surface area contributed by atoms with Crippen LogP contribution in [-0.4, -0.2) is 41.4 Å². The van der Waals surface area contributed by atoms with Gasteiger partial charge in [0.05, 0.1) is 17.1 Å². The molecule has 8 heteroatoms. The standard InChI is InChI=1S/C29H26N6O2/c1-20(33-28-17-21(19-30)12-14-32-28)22-6-9-24(10-7-22)37-27-13-15-31-26-11-8-23(18-25(26)27)34-29(36)5-4-16-35(2)3/h4-15,17-18H,1,16H2,2-3H3,(H,32,33)(H,34,36)/b5-4+. The Hall–Kier alpha value is -5.00. The number of benzene rings is 2. The molecule has 0 radical (unpaired) electrons. The number of fused-ring (bicyclic) bond motifs is 1. The summed E-state index contributed by atoms with van der Waals surface area (Å²) in [6.07, 6.45) is 6.58. The van der Waals surface area contributed by atoms with Gasteiger partial charge in [-0.05, 0) is 80.3 Å². The average molecular weight is 491 g/mol. The highest BCUT2D eigenvalue weighted by molar-refractivity contribution is 6.01. The van der Waals surface area contributed by atoms with Gasteiger partial charge in [0.15, 0.2) is 0 Å². The van der Waals surface area contributed by atoms with Crippen molar-refractivity contribution in [3.05, 3.63) is 103 Å². The number of carbonyl (C=O) groups is 1. The van der Waals surface area contributed by atoms with Gasteiger partial charge < -0.3 is 20.3 Å². The molecule has 2 heterocycles. The Labute approximate surface area is 215 Å². The summed E-state index contributed by atoms with van der Waals surface area (Å²) in [6, 6.07) is 20.1. The third-order valence-corrected chi connectivity index (χ3v) is 5.31. The van der Waals surface area contributed by atoms with E-state index in [1.54, 1.807) is 36.7 Å². The van der Waals surface area contributed by atoms with Gasteiger partial charge in [0.1, 0.15) is 17.3 Å². The number of pyridine rings is 2. The van der Waals surface area contributed by atoms with E-state index in [4.69, 9.17) is 10.00 Å². The van der Waals surface area contributed by atoms with Crippen LogP contribution in [0.25, 0.3) is 16.6 Å². The molecule has 2 aromatic heterocycles. The molecule has 0 aliphatic rings. The number of rotatable bonds is 9. The Kier molecular flexibility index (Phi) is 7.88. The molecule has 4 aromatic rings. The summed E-state index contributed by atoms with van der Waals surface area (Å²) in [5, 5.41) is 15.8. The van der Waals surface area contributed by atoms with Crippen molar-refractivity contribution in [3.63, 3.8) is 0 Å². The highest BCUT2D eigenvalue weighted by atomic mass is 16.5. The zero-order valence-electron chi connectivity index (χ0n) is 20.6. The number of ether oxygens (including phenoxy) is 1. The lowest BCUT2D eigenvalue weighted by molar-refractivity contribution is -0.111. The number of carbonyl (C=O) groups excluding carboxylic acids is 1. The van der Waals surface area contributed by atoms with Crippen LogP contribution in [0.2, 0.25) is 0 Å². The topological polar surface area (TPSA) is 103 Å². The summed E-state index contributed by atoms with van der Waals surface area (Å²) in [5.41, 5.74) is 3.41. The van der Waals surface area contributed by atoms with Gasteiger partial charge in [-0.2, -0.15) is 5.26 Å². The van der Waals surface area contributed by atoms with Gasteiger partial charge in [0.2, 0.25) is 5.91 Å². The van der Waals surface area contributed by atoms with E-state index in [-0.39, 0.29) is 5.91 Å². The van der Waals surface area contributed by atoms with Crippen LogP contribution in [-0.2, 0) is 4.79 Å². The molecule has 2 aromatic carbocycles. The summed E-state index contributed by atoms with van der Waals surface area (Å²) >= 11 is 0. The molecule has 4 rings (SSSR count). The lowest BCUT2D eigenvalue weighted by Crippen LogP contribution is -2.12. The molecule has 0 spiro atoms. The Morgan fingerprint density at radius 3 is 2.59 bits per heavy atom. The summed E-state index contributed by atoms with van der Waals surface area (Å²) in [4.78, 5) is 22.8. The largest absolute Gasteiger partial charge is 0.457 e. The molecule has 0 saturated heterocycles. The number of likely N-dealkylation sites (N-methyl/N-ethyl adjacent to an activating group) is 1. The molecule has 1 amide bonds. The molecule has 184 valence electrons. The van der Waals surface area contributed by atoms with Gasteiger partial charge in [0.25, 0.3) is 0 Å². The van der Waals surface area contributed by atoms with Crippen LogP contribution < -0.4 is 15.4 Å². The molecule has 0 aliphatic heterocycles. The summed E-state index contributed by atoms with van der Waals surface area (Å²) < 4.78 is 6.16. The van der Waals surface area contributed by atoms with Crippen LogP contribution in [0.15, 0.2) is 91.8 Å². The van der Waals surface area contributed by atoms with Crippen molar-refractivity contribution in [3.8, 4) is 17.6 Å². The molecule has 8 nitrogen and oxygen atoms in total. The zero-order valence-corrected chi connectivity index (χ0v) is 20.6. The summed E-state index contributed by atoms with van der Waals surface area (Å²) in [5.74, 6) is 1.59. The molecule has 2 N–H and O–H groups in total. The minimum atomic E-state index is -0.202. The normalized spacial score (nSPS) is 10.9. The van der Waals surface area contributed by atoms with Gasteiger partial charge in [-0.1, -0.05) is 12.7 Å². The Balaban J connectivity index is 1.47. The molecule has 0 bridgehead atoms.